The molecule has 5 heteroatoms. The topological polar surface area (TPSA) is 66.4 Å². The highest BCUT2D eigenvalue weighted by atomic mass is 32.2. The first-order valence-corrected chi connectivity index (χ1v) is 6.65. The molecule has 0 heterocycles. The number of rotatable bonds is 4. The summed E-state index contributed by atoms with van der Waals surface area (Å²) in [5.41, 5.74) is 0. The summed E-state index contributed by atoms with van der Waals surface area (Å²) in [7, 11) is 0. The number of amides is 1. The van der Waals surface area contributed by atoms with Gasteiger partial charge < -0.3 is 9.87 Å². The maximum atomic E-state index is 11.5. The van der Waals surface area contributed by atoms with E-state index in [1.165, 1.54) is 19.3 Å². The Morgan fingerprint density at radius 3 is 2.60 bits per heavy atom. The molecule has 0 aliphatic heterocycles. The zero-order valence-electron chi connectivity index (χ0n) is 9.07. The quantitative estimate of drug-likeness (QED) is 0.722. The van der Waals surface area contributed by atoms with Crippen LogP contribution in [0.3, 0.4) is 0 Å². The maximum Gasteiger partial charge on any atom is 0.221 e. The van der Waals surface area contributed by atoms with E-state index in [-0.39, 0.29) is 18.4 Å². The van der Waals surface area contributed by atoms with Crippen LogP contribution in [0.25, 0.3) is 0 Å². The van der Waals surface area contributed by atoms with Crippen LogP contribution in [0.1, 0.15) is 45.4 Å². The van der Waals surface area contributed by atoms with Gasteiger partial charge in [0.25, 0.3) is 0 Å². The first kappa shape index (κ1) is 12.6. The number of nitrogens with one attached hydrogen (secondary N) is 1. The van der Waals surface area contributed by atoms with Gasteiger partial charge in [0.1, 0.15) is 0 Å². The third-order valence-corrected chi connectivity index (χ3v) is 3.64. The van der Waals surface area contributed by atoms with Gasteiger partial charge in [-0.25, -0.2) is 4.21 Å². The van der Waals surface area contributed by atoms with Crippen LogP contribution >= 0.6 is 0 Å². The minimum atomic E-state index is -1.90. The van der Waals surface area contributed by atoms with Crippen LogP contribution in [-0.2, 0) is 15.9 Å². The summed E-state index contributed by atoms with van der Waals surface area (Å²) in [5.74, 6) is -0.100. The fourth-order valence-corrected chi connectivity index (χ4v) is 2.16. The number of carbonyl (C=O) groups is 1. The molecule has 0 spiro atoms. The molecular formula is C10H19NO3S. The Balaban J connectivity index is 2.25. The standard InChI is InChI=1S/C10H19NO3S/c1-8(15(13)14)7-10(12)11-9-5-3-2-4-6-9/h8-9H,2-7H2,1H3,(H,11,12)(H,13,14)/t8-/m0/s1. The van der Waals surface area contributed by atoms with Crippen molar-refractivity contribution < 1.29 is 13.6 Å². The fraction of sp³-hybridized carbons (Fsp3) is 0.900. The van der Waals surface area contributed by atoms with Crippen LogP contribution in [0, 0.1) is 0 Å². The Hall–Kier alpha value is -0.420. The van der Waals surface area contributed by atoms with Gasteiger partial charge >= 0.3 is 0 Å². The zero-order chi connectivity index (χ0) is 11.3. The summed E-state index contributed by atoms with van der Waals surface area (Å²) in [4.78, 5) is 11.5. The lowest BCUT2D eigenvalue weighted by atomic mass is 9.95. The van der Waals surface area contributed by atoms with Crippen molar-refractivity contribution in [1.29, 1.82) is 0 Å². The van der Waals surface area contributed by atoms with E-state index in [1.807, 2.05) is 0 Å². The van der Waals surface area contributed by atoms with E-state index in [0.29, 0.717) is 0 Å². The van der Waals surface area contributed by atoms with Crippen LogP contribution in [0.4, 0.5) is 0 Å². The lowest BCUT2D eigenvalue weighted by Gasteiger charge is -2.23. The molecule has 1 rings (SSSR count). The van der Waals surface area contributed by atoms with Gasteiger partial charge in [-0.2, -0.15) is 0 Å². The molecule has 2 N–H and O–H groups in total. The highest BCUT2D eigenvalue weighted by Crippen LogP contribution is 2.17. The van der Waals surface area contributed by atoms with Crippen molar-refractivity contribution in [2.75, 3.05) is 0 Å². The number of hydrogen-bond donors (Lipinski definition) is 2. The normalized spacial score (nSPS) is 22.0. The van der Waals surface area contributed by atoms with Crippen LogP contribution in [0.5, 0.6) is 0 Å². The molecule has 1 aliphatic carbocycles. The van der Waals surface area contributed by atoms with E-state index in [4.69, 9.17) is 4.55 Å². The number of hydrogen-bond acceptors (Lipinski definition) is 2. The molecule has 2 atom stereocenters. The van der Waals surface area contributed by atoms with Crippen molar-refractivity contribution in [2.45, 2.75) is 56.7 Å². The highest BCUT2D eigenvalue weighted by Gasteiger charge is 2.18. The second-order valence-electron chi connectivity index (χ2n) is 4.19. The van der Waals surface area contributed by atoms with Crippen molar-refractivity contribution in [3.8, 4) is 0 Å². The number of carbonyl (C=O) groups excluding carboxylic acids is 1. The van der Waals surface area contributed by atoms with Crippen LogP contribution in [0.2, 0.25) is 0 Å². The SMILES string of the molecule is C[C@@H](CC(=O)NC1CCCCC1)S(=O)O. The molecule has 0 saturated heterocycles. The molecule has 4 nitrogen and oxygen atoms in total. The molecule has 0 aromatic carbocycles. The Kier molecular flexibility index (Phi) is 5.25. The molecule has 1 amide bonds. The second-order valence-corrected chi connectivity index (χ2v) is 5.55. The van der Waals surface area contributed by atoms with E-state index in [1.54, 1.807) is 6.92 Å². The molecule has 0 aromatic rings. The van der Waals surface area contributed by atoms with E-state index in [9.17, 15) is 9.00 Å². The fourth-order valence-electron chi connectivity index (χ4n) is 1.87. The molecule has 1 saturated carbocycles. The summed E-state index contributed by atoms with van der Waals surface area (Å²) >= 11 is -1.90. The third kappa shape index (κ3) is 4.75. The Bertz CT molecular complexity index is 239. The Labute approximate surface area is 93.1 Å². The van der Waals surface area contributed by atoms with Gasteiger partial charge in [-0.15, -0.1) is 0 Å². The average molecular weight is 233 g/mol. The largest absolute Gasteiger partial charge is 0.353 e. The molecule has 15 heavy (non-hydrogen) atoms. The molecule has 88 valence electrons. The van der Waals surface area contributed by atoms with Crippen molar-refractivity contribution in [2.24, 2.45) is 0 Å². The molecule has 1 fully saturated rings. The first-order chi connectivity index (χ1) is 7.09. The summed E-state index contributed by atoms with van der Waals surface area (Å²) in [6.07, 6.45) is 5.83. The van der Waals surface area contributed by atoms with Gasteiger partial charge in [0.15, 0.2) is 11.1 Å². The zero-order valence-corrected chi connectivity index (χ0v) is 9.89. The van der Waals surface area contributed by atoms with E-state index < -0.39 is 16.3 Å². The highest BCUT2D eigenvalue weighted by molar-refractivity contribution is 7.79. The van der Waals surface area contributed by atoms with Gasteiger partial charge in [0.2, 0.25) is 5.91 Å². The predicted octanol–water partition coefficient (Wildman–Crippen LogP) is 1.44. The van der Waals surface area contributed by atoms with Gasteiger partial charge in [0.05, 0.1) is 5.25 Å². The van der Waals surface area contributed by atoms with E-state index >= 15 is 0 Å². The molecule has 1 unspecified atom stereocenters. The lowest BCUT2D eigenvalue weighted by molar-refractivity contribution is -0.121. The first-order valence-electron chi connectivity index (χ1n) is 5.48. The molecule has 0 aromatic heterocycles. The monoisotopic (exact) mass is 233 g/mol. The second kappa shape index (κ2) is 6.23. The molecule has 0 radical (unpaired) electrons. The maximum absolute atomic E-state index is 11.5. The van der Waals surface area contributed by atoms with Gasteiger partial charge in [-0.3, -0.25) is 4.79 Å². The van der Waals surface area contributed by atoms with Crippen molar-refractivity contribution in [3.63, 3.8) is 0 Å². The molecular weight excluding hydrogens is 214 g/mol. The summed E-state index contributed by atoms with van der Waals surface area (Å²) < 4.78 is 19.4. The smallest absolute Gasteiger partial charge is 0.221 e. The summed E-state index contributed by atoms with van der Waals surface area (Å²) in [5, 5.41) is 2.44. The van der Waals surface area contributed by atoms with Crippen LogP contribution < -0.4 is 5.32 Å². The minimum Gasteiger partial charge on any atom is -0.353 e. The average Bonchev–Trinajstić information content (AvgIpc) is 2.18. The van der Waals surface area contributed by atoms with Gasteiger partial charge in [-0.1, -0.05) is 19.3 Å². The van der Waals surface area contributed by atoms with Crippen molar-refractivity contribution in [3.05, 3.63) is 0 Å². The van der Waals surface area contributed by atoms with Gasteiger partial charge in [-0.05, 0) is 19.8 Å². The summed E-state index contributed by atoms with van der Waals surface area (Å²) in [6, 6.07) is 0.283. The van der Waals surface area contributed by atoms with Crippen molar-refractivity contribution >= 4 is 17.0 Å². The van der Waals surface area contributed by atoms with E-state index in [0.717, 1.165) is 12.8 Å². The van der Waals surface area contributed by atoms with Gasteiger partial charge in [0, 0.05) is 12.5 Å². The third-order valence-electron chi connectivity index (χ3n) is 2.79. The molecule has 0 bridgehead atoms. The predicted molar refractivity (Wildman–Crippen MR) is 59.9 cm³/mol. The molecule has 1 aliphatic rings. The lowest BCUT2D eigenvalue weighted by Crippen LogP contribution is -2.37. The Morgan fingerprint density at radius 1 is 1.47 bits per heavy atom. The summed E-state index contributed by atoms with van der Waals surface area (Å²) in [6.45, 7) is 1.61. The van der Waals surface area contributed by atoms with Crippen molar-refractivity contribution in [1.82, 2.24) is 5.32 Å². The van der Waals surface area contributed by atoms with E-state index in [2.05, 4.69) is 5.32 Å². The van der Waals surface area contributed by atoms with Crippen LogP contribution in [0.15, 0.2) is 0 Å². The minimum absolute atomic E-state index is 0.100. The Morgan fingerprint density at radius 2 is 2.07 bits per heavy atom. The van der Waals surface area contributed by atoms with Crippen LogP contribution in [-0.4, -0.2) is 26.0 Å².